The quantitative estimate of drug-likeness (QED) is 0.517. The molecule has 2 N–H and O–H groups in total. The van der Waals surface area contributed by atoms with Gasteiger partial charge in [0.25, 0.3) is 0 Å². The molecule has 35 heavy (non-hydrogen) atoms. The number of anilines is 2. The van der Waals surface area contributed by atoms with E-state index in [1.807, 2.05) is 30.3 Å². The van der Waals surface area contributed by atoms with Crippen molar-refractivity contribution < 1.29 is 14.3 Å². The van der Waals surface area contributed by atoms with Gasteiger partial charge in [0.15, 0.2) is 11.6 Å². The van der Waals surface area contributed by atoms with Crippen LogP contribution in [0.1, 0.15) is 22.5 Å². The van der Waals surface area contributed by atoms with Crippen molar-refractivity contribution in [3.8, 4) is 17.0 Å². The normalized spacial score (nSPS) is 18.5. The van der Waals surface area contributed by atoms with Crippen molar-refractivity contribution in [2.75, 3.05) is 57.1 Å². The van der Waals surface area contributed by atoms with E-state index < -0.39 is 0 Å². The second-order valence-corrected chi connectivity index (χ2v) is 9.01. The van der Waals surface area contributed by atoms with Gasteiger partial charge in [-0.3, -0.25) is 9.78 Å². The Balaban J connectivity index is 1.32. The summed E-state index contributed by atoms with van der Waals surface area (Å²) in [7, 11) is 2.10. The number of nitrogens with two attached hydrogens (primary N) is 1. The van der Waals surface area contributed by atoms with Crippen LogP contribution < -0.4 is 15.4 Å². The molecule has 0 spiro atoms. The van der Waals surface area contributed by atoms with Gasteiger partial charge in [-0.25, -0.2) is 9.97 Å². The van der Waals surface area contributed by atoms with Crippen LogP contribution in [-0.2, 0) is 11.2 Å². The zero-order chi connectivity index (χ0) is 24.2. The Labute approximate surface area is 204 Å². The molecule has 9 heteroatoms. The average molecular weight is 475 g/mol. The number of benzene rings is 1. The van der Waals surface area contributed by atoms with Crippen molar-refractivity contribution in [2.24, 2.45) is 0 Å². The van der Waals surface area contributed by atoms with E-state index in [1.54, 1.807) is 18.6 Å². The Bertz CT molecular complexity index is 1180. The summed E-state index contributed by atoms with van der Waals surface area (Å²) in [4.78, 5) is 30.8. The first kappa shape index (κ1) is 23.2. The molecule has 2 aromatic heterocycles. The SMILES string of the molecule is CN1CC[C@@H](Oc2ccc(-c3cnc(N)c(C(=O)Cc4cnccc4N4CCOCC4)n3)cc2)C1. The van der Waals surface area contributed by atoms with Crippen LogP contribution in [0, 0.1) is 0 Å². The molecule has 0 bridgehead atoms. The number of ether oxygens (including phenoxy) is 2. The Hall–Kier alpha value is -3.56. The van der Waals surface area contributed by atoms with E-state index in [2.05, 4.69) is 31.8 Å². The largest absolute Gasteiger partial charge is 0.489 e. The summed E-state index contributed by atoms with van der Waals surface area (Å²) in [6.07, 6.45) is 6.45. The fourth-order valence-corrected chi connectivity index (χ4v) is 4.56. The number of nitrogen functional groups attached to an aromatic ring is 1. The molecule has 2 aliphatic heterocycles. The third-order valence-corrected chi connectivity index (χ3v) is 6.45. The molecule has 0 unspecified atom stereocenters. The summed E-state index contributed by atoms with van der Waals surface area (Å²) in [5.74, 6) is 0.756. The van der Waals surface area contributed by atoms with Gasteiger partial charge >= 0.3 is 0 Å². The number of morpholine rings is 1. The lowest BCUT2D eigenvalue weighted by Crippen LogP contribution is -2.37. The molecule has 4 heterocycles. The lowest BCUT2D eigenvalue weighted by molar-refractivity contribution is 0.0988. The highest BCUT2D eigenvalue weighted by molar-refractivity contribution is 6.00. The van der Waals surface area contributed by atoms with Crippen LogP contribution in [0.5, 0.6) is 5.75 Å². The predicted octanol–water partition coefficient (Wildman–Crippen LogP) is 2.47. The third-order valence-electron chi connectivity index (χ3n) is 6.45. The van der Waals surface area contributed by atoms with Gasteiger partial charge in [-0.05, 0) is 43.8 Å². The Morgan fingerprint density at radius 3 is 2.69 bits per heavy atom. The van der Waals surface area contributed by atoms with Gasteiger partial charge in [-0.15, -0.1) is 0 Å². The van der Waals surface area contributed by atoms with Gasteiger partial charge in [-0.2, -0.15) is 0 Å². The number of carbonyl (C=O) groups excluding carboxylic acids is 1. The molecule has 1 atom stereocenters. The van der Waals surface area contributed by atoms with Crippen LogP contribution in [0.15, 0.2) is 48.9 Å². The highest BCUT2D eigenvalue weighted by Crippen LogP contribution is 2.26. The predicted molar refractivity (Wildman–Crippen MR) is 134 cm³/mol. The number of likely N-dealkylation sites (N-methyl/N-ethyl adjacent to an activating group) is 1. The zero-order valence-corrected chi connectivity index (χ0v) is 19.9. The number of ketones is 1. The second kappa shape index (κ2) is 10.4. The lowest BCUT2D eigenvalue weighted by Gasteiger charge is -2.30. The molecule has 9 nitrogen and oxygen atoms in total. The van der Waals surface area contributed by atoms with Gasteiger partial charge in [-0.1, -0.05) is 0 Å². The molecule has 3 aromatic rings. The first-order chi connectivity index (χ1) is 17.1. The number of aromatic nitrogens is 3. The van der Waals surface area contributed by atoms with Crippen LogP contribution >= 0.6 is 0 Å². The maximum absolute atomic E-state index is 13.2. The van der Waals surface area contributed by atoms with Crippen LogP contribution in [0.3, 0.4) is 0 Å². The number of hydrogen-bond donors (Lipinski definition) is 1. The Morgan fingerprint density at radius 2 is 1.94 bits per heavy atom. The van der Waals surface area contributed by atoms with Crippen LogP contribution in [-0.4, -0.2) is 78.2 Å². The summed E-state index contributed by atoms with van der Waals surface area (Å²) in [5, 5.41) is 0. The lowest BCUT2D eigenvalue weighted by atomic mass is 10.1. The molecule has 182 valence electrons. The zero-order valence-electron chi connectivity index (χ0n) is 19.9. The van der Waals surface area contributed by atoms with Crippen molar-refractivity contribution in [2.45, 2.75) is 18.9 Å². The van der Waals surface area contributed by atoms with Gasteiger partial charge in [0.2, 0.25) is 0 Å². The topological polar surface area (TPSA) is 107 Å². The highest BCUT2D eigenvalue weighted by Gasteiger charge is 2.22. The molecule has 0 radical (unpaired) electrons. The monoisotopic (exact) mass is 474 g/mol. The Morgan fingerprint density at radius 1 is 1.14 bits per heavy atom. The van der Waals surface area contributed by atoms with Crippen molar-refractivity contribution in [3.05, 3.63) is 60.2 Å². The number of carbonyl (C=O) groups is 1. The van der Waals surface area contributed by atoms with E-state index in [0.717, 1.165) is 55.2 Å². The van der Waals surface area contributed by atoms with Crippen molar-refractivity contribution >= 4 is 17.3 Å². The first-order valence-electron chi connectivity index (χ1n) is 11.9. The van der Waals surface area contributed by atoms with Crippen LogP contribution in [0.2, 0.25) is 0 Å². The van der Waals surface area contributed by atoms with Crippen LogP contribution in [0.25, 0.3) is 11.3 Å². The third kappa shape index (κ3) is 5.41. The molecule has 2 fully saturated rings. The fourth-order valence-electron chi connectivity index (χ4n) is 4.56. The van der Waals surface area contributed by atoms with E-state index in [0.29, 0.717) is 18.9 Å². The van der Waals surface area contributed by atoms with E-state index in [1.165, 1.54) is 0 Å². The van der Waals surface area contributed by atoms with Crippen molar-refractivity contribution in [1.82, 2.24) is 19.9 Å². The minimum atomic E-state index is -0.190. The number of rotatable bonds is 7. The summed E-state index contributed by atoms with van der Waals surface area (Å²) < 4.78 is 11.5. The first-order valence-corrected chi connectivity index (χ1v) is 11.9. The summed E-state index contributed by atoms with van der Waals surface area (Å²) >= 11 is 0. The Kier molecular flexibility index (Phi) is 6.87. The fraction of sp³-hybridized carbons (Fsp3) is 0.385. The molecular weight excluding hydrogens is 444 g/mol. The van der Waals surface area contributed by atoms with Gasteiger partial charge < -0.3 is 25.0 Å². The van der Waals surface area contributed by atoms with Crippen molar-refractivity contribution in [1.29, 1.82) is 0 Å². The summed E-state index contributed by atoms with van der Waals surface area (Å²) in [6, 6.07) is 9.65. The van der Waals surface area contributed by atoms with E-state index in [-0.39, 0.29) is 29.8 Å². The van der Waals surface area contributed by atoms with Gasteiger partial charge in [0.1, 0.15) is 17.5 Å². The molecule has 0 amide bonds. The number of likely N-dealkylation sites (tertiary alicyclic amines) is 1. The summed E-state index contributed by atoms with van der Waals surface area (Å²) in [5.41, 5.74) is 9.51. The summed E-state index contributed by atoms with van der Waals surface area (Å²) in [6.45, 7) is 4.86. The molecule has 1 aromatic carbocycles. The number of hydrogen-bond acceptors (Lipinski definition) is 9. The standard InChI is InChI=1S/C26H30N6O3/c1-31-9-7-21(17-31)35-20-4-2-18(3-5-20)22-16-29-26(27)25(30-22)24(33)14-19-15-28-8-6-23(19)32-10-12-34-13-11-32/h2-6,8,15-16,21H,7,9-14,17H2,1H3,(H2,27,29)/t21-/m1/s1. The van der Waals surface area contributed by atoms with Gasteiger partial charge in [0.05, 0.1) is 25.1 Å². The van der Waals surface area contributed by atoms with E-state index >= 15 is 0 Å². The van der Waals surface area contributed by atoms with E-state index in [4.69, 9.17) is 15.2 Å². The smallest absolute Gasteiger partial charge is 0.189 e. The number of nitrogens with zero attached hydrogens (tertiary/aromatic N) is 5. The van der Waals surface area contributed by atoms with Gasteiger partial charge in [0, 0.05) is 61.8 Å². The maximum atomic E-state index is 13.2. The molecule has 2 aliphatic rings. The minimum Gasteiger partial charge on any atom is -0.489 e. The number of Topliss-reactive ketones (excluding diaryl/α,β-unsaturated/α-hetero) is 1. The van der Waals surface area contributed by atoms with Crippen LogP contribution in [0.4, 0.5) is 11.5 Å². The molecule has 0 aliphatic carbocycles. The maximum Gasteiger partial charge on any atom is 0.189 e. The van der Waals surface area contributed by atoms with Crippen molar-refractivity contribution in [3.63, 3.8) is 0 Å². The average Bonchev–Trinajstić information content (AvgIpc) is 3.30. The molecule has 2 saturated heterocycles. The molecule has 0 saturated carbocycles. The highest BCUT2D eigenvalue weighted by atomic mass is 16.5. The molecule has 5 rings (SSSR count). The number of pyridine rings is 1. The molecular formula is C26H30N6O3. The van der Waals surface area contributed by atoms with E-state index in [9.17, 15) is 4.79 Å². The second-order valence-electron chi connectivity index (χ2n) is 9.01. The minimum absolute atomic E-state index is 0.126.